The molecule has 0 aliphatic heterocycles. The maximum absolute atomic E-state index is 12.1. The second-order valence-electron chi connectivity index (χ2n) is 6.23. The van der Waals surface area contributed by atoms with E-state index < -0.39 is 5.60 Å². The van der Waals surface area contributed by atoms with Crippen molar-refractivity contribution in [3.63, 3.8) is 0 Å². The molecule has 2 aromatic carbocycles. The monoisotopic (exact) mass is 360 g/mol. The zero-order valence-electron chi connectivity index (χ0n) is 14.0. The van der Waals surface area contributed by atoms with Crippen LogP contribution in [0.4, 0.5) is 10.5 Å². The third-order valence-corrected chi connectivity index (χ3v) is 4.71. The molecular formula is C19H21ClN2O3. The number of hydrogen-bond donors (Lipinski definition) is 3. The minimum atomic E-state index is -1.08. The topological polar surface area (TPSA) is 70.6 Å². The van der Waals surface area contributed by atoms with E-state index in [4.69, 9.17) is 16.3 Å². The predicted octanol–water partition coefficient (Wildman–Crippen LogP) is 3.69. The summed E-state index contributed by atoms with van der Waals surface area (Å²) in [6.07, 6.45) is 2.35. The quantitative estimate of drug-likeness (QED) is 0.778. The number of methoxy groups -OCH3 is 1. The van der Waals surface area contributed by atoms with Crippen molar-refractivity contribution < 1.29 is 14.6 Å². The van der Waals surface area contributed by atoms with Crippen LogP contribution in [0.15, 0.2) is 42.5 Å². The number of carbonyl (C=O) groups excluding carboxylic acids is 1. The summed E-state index contributed by atoms with van der Waals surface area (Å²) >= 11 is 5.91. The van der Waals surface area contributed by atoms with Gasteiger partial charge >= 0.3 is 6.03 Å². The van der Waals surface area contributed by atoms with Crippen LogP contribution in [-0.2, 0) is 12.0 Å². The van der Waals surface area contributed by atoms with Gasteiger partial charge in [0.1, 0.15) is 11.4 Å². The van der Waals surface area contributed by atoms with Gasteiger partial charge in [-0.25, -0.2) is 4.79 Å². The first kappa shape index (κ1) is 17.6. The number of rotatable bonds is 4. The number of hydrogen-bond acceptors (Lipinski definition) is 3. The van der Waals surface area contributed by atoms with Crippen molar-refractivity contribution in [1.29, 1.82) is 0 Å². The molecule has 6 heteroatoms. The van der Waals surface area contributed by atoms with Crippen LogP contribution in [0.3, 0.4) is 0 Å². The number of halogens is 1. The molecule has 3 N–H and O–H groups in total. The first-order chi connectivity index (χ1) is 12.0. The van der Waals surface area contributed by atoms with Gasteiger partial charge in [0.2, 0.25) is 0 Å². The molecule has 0 saturated heterocycles. The molecule has 3 rings (SSSR count). The van der Waals surface area contributed by atoms with Gasteiger partial charge in [-0.2, -0.15) is 0 Å². The fraction of sp³-hybridized carbons (Fsp3) is 0.316. The number of benzene rings is 2. The fourth-order valence-electron chi connectivity index (χ4n) is 3.22. The molecule has 2 amide bonds. The number of carbonyl (C=O) groups is 1. The molecule has 2 aromatic rings. The number of amides is 2. The lowest BCUT2D eigenvalue weighted by Gasteiger charge is -2.34. The minimum absolute atomic E-state index is 0.138. The van der Waals surface area contributed by atoms with Gasteiger partial charge in [-0.15, -0.1) is 0 Å². The summed E-state index contributed by atoms with van der Waals surface area (Å²) < 4.78 is 5.25. The summed E-state index contributed by atoms with van der Waals surface area (Å²) in [6.45, 7) is 0.138. The first-order valence-electron chi connectivity index (χ1n) is 8.20. The van der Waals surface area contributed by atoms with E-state index >= 15 is 0 Å². The molecule has 25 heavy (non-hydrogen) atoms. The maximum Gasteiger partial charge on any atom is 0.319 e. The molecule has 0 heterocycles. The van der Waals surface area contributed by atoms with Gasteiger partial charge in [-0.3, -0.25) is 0 Å². The van der Waals surface area contributed by atoms with Crippen LogP contribution < -0.4 is 15.4 Å². The number of nitrogens with one attached hydrogen (secondary N) is 2. The van der Waals surface area contributed by atoms with Crippen LogP contribution in [0.25, 0.3) is 0 Å². The Balaban J connectivity index is 1.68. The molecule has 1 aliphatic rings. The summed E-state index contributed by atoms with van der Waals surface area (Å²) in [7, 11) is 1.62. The number of anilines is 1. The highest BCUT2D eigenvalue weighted by Gasteiger charge is 2.34. The van der Waals surface area contributed by atoms with Crippen molar-refractivity contribution in [2.24, 2.45) is 0 Å². The molecule has 0 radical (unpaired) electrons. The molecule has 1 aliphatic carbocycles. The summed E-state index contributed by atoms with van der Waals surface area (Å²) in [5.41, 5.74) is 1.43. The van der Waals surface area contributed by atoms with E-state index in [9.17, 15) is 9.90 Å². The van der Waals surface area contributed by atoms with Crippen LogP contribution in [0.2, 0.25) is 5.02 Å². The van der Waals surface area contributed by atoms with E-state index in [1.165, 1.54) is 0 Å². The van der Waals surface area contributed by atoms with Gasteiger partial charge in [-0.1, -0.05) is 23.7 Å². The van der Waals surface area contributed by atoms with E-state index in [2.05, 4.69) is 10.6 Å². The molecule has 1 atom stereocenters. The van der Waals surface area contributed by atoms with Gasteiger partial charge in [0.05, 0.1) is 13.7 Å². The van der Waals surface area contributed by atoms with Gasteiger partial charge in [0, 0.05) is 10.7 Å². The highest BCUT2D eigenvalue weighted by atomic mass is 35.5. The van der Waals surface area contributed by atoms with E-state index in [1.54, 1.807) is 31.4 Å². The standard InChI is InChI=1S/C19H21ClN2O3/c1-25-16-7-8-17-13(10-16)4-3-9-19(17,24)12-21-18(23)22-15-6-2-5-14(20)11-15/h2,5-8,10-11,24H,3-4,9,12H2,1H3,(H2,21,22,23). The van der Waals surface area contributed by atoms with E-state index in [0.29, 0.717) is 17.1 Å². The third kappa shape index (κ3) is 4.06. The number of urea groups is 1. The Labute approximate surface area is 152 Å². The summed E-state index contributed by atoms with van der Waals surface area (Å²) in [6, 6.07) is 12.2. The third-order valence-electron chi connectivity index (χ3n) is 4.47. The molecule has 0 bridgehead atoms. The highest BCUT2D eigenvalue weighted by Crippen LogP contribution is 2.36. The van der Waals surface area contributed by atoms with E-state index in [-0.39, 0.29) is 12.6 Å². The van der Waals surface area contributed by atoms with Crippen LogP contribution in [-0.4, -0.2) is 24.8 Å². The van der Waals surface area contributed by atoms with Crippen molar-refractivity contribution >= 4 is 23.3 Å². The maximum atomic E-state index is 12.1. The van der Waals surface area contributed by atoms with Crippen molar-refractivity contribution in [3.8, 4) is 5.75 Å². The Morgan fingerprint density at radius 1 is 1.32 bits per heavy atom. The normalized spacial score (nSPS) is 19.0. The van der Waals surface area contributed by atoms with Crippen molar-refractivity contribution in [2.45, 2.75) is 24.9 Å². The highest BCUT2D eigenvalue weighted by molar-refractivity contribution is 6.30. The Bertz CT molecular complexity index is 781. The zero-order chi connectivity index (χ0) is 17.9. The number of aliphatic hydroxyl groups is 1. The summed E-state index contributed by atoms with van der Waals surface area (Å²) in [5.74, 6) is 0.773. The van der Waals surface area contributed by atoms with Crippen LogP contribution in [0, 0.1) is 0 Å². The van der Waals surface area contributed by atoms with Gasteiger partial charge in [0.15, 0.2) is 0 Å². The number of ether oxygens (including phenoxy) is 1. The Kier molecular flexibility index (Phi) is 5.16. The average Bonchev–Trinajstić information content (AvgIpc) is 2.60. The summed E-state index contributed by atoms with van der Waals surface area (Å²) in [4.78, 5) is 12.1. The molecule has 0 aromatic heterocycles. The van der Waals surface area contributed by atoms with Gasteiger partial charge < -0.3 is 20.5 Å². The van der Waals surface area contributed by atoms with Crippen molar-refractivity contribution in [1.82, 2.24) is 5.32 Å². The Morgan fingerprint density at radius 3 is 2.92 bits per heavy atom. The lowest BCUT2D eigenvalue weighted by atomic mass is 9.79. The predicted molar refractivity (Wildman–Crippen MR) is 98.3 cm³/mol. The fourth-order valence-corrected chi connectivity index (χ4v) is 3.41. The lowest BCUT2D eigenvalue weighted by Crippen LogP contribution is -2.44. The molecule has 0 saturated carbocycles. The first-order valence-corrected chi connectivity index (χ1v) is 8.58. The van der Waals surface area contributed by atoms with E-state index in [1.807, 2.05) is 18.2 Å². The SMILES string of the molecule is COc1ccc2c(c1)CCCC2(O)CNC(=O)Nc1cccc(Cl)c1. The van der Waals surface area contributed by atoms with Crippen molar-refractivity contribution in [3.05, 3.63) is 58.6 Å². The van der Waals surface area contributed by atoms with E-state index in [0.717, 1.165) is 29.7 Å². The smallest absolute Gasteiger partial charge is 0.319 e. The Hall–Kier alpha value is -2.24. The summed E-state index contributed by atoms with van der Waals surface area (Å²) in [5, 5.41) is 17.1. The zero-order valence-corrected chi connectivity index (χ0v) is 14.8. The second kappa shape index (κ2) is 7.33. The molecular weight excluding hydrogens is 340 g/mol. The molecule has 1 unspecified atom stereocenters. The lowest BCUT2D eigenvalue weighted by molar-refractivity contribution is 0.0220. The average molecular weight is 361 g/mol. The van der Waals surface area contributed by atoms with Gasteiger partial charge in [0.25, 0.3) is 0 Å². The number of aryl methyl sites for hydroxylation is 1. The minimum Gasteiger partial charge on any atom is -0.497 e. The molecule has 132 valence electrons. The van der Waals surface area contributed by atoms with Gasteiger partial charge in [-0.05, 0) is 60.7 Å². The molecule has 5 nitrogen and oxygen atoms in total. The number of fused-ring (bicyclic) bond motifs is 1. The molecule has 0 fully saturated rings. The molecule has 0 spiro atoms. The van der Waals surface area contributed by atoms with Crippen LogP contribution in [0.1, 0.15) is 24.0 Å². The largest absolute Gasteiger partial charge is 0.497 e. The Morgan fingerprint density at radius 2 is 2.16 bits per heavy atom. The second-order valence-corrected chi connectivity index (χ2v) is 6.66. The van der Waals surface area contributed by atoms with Crippen molar-refractivity contribution in [2.75, 3.05) is 19.0 Å². The van der Waals surface area contributed by atoms with Crippen LogP contribution in [0.5, 0.6) is 5.75 Å². The van der Waals surface area contributed by atoms with Crippen LogP contribution >= 0.6 is 11.6 Å².